The highest BCUT2D eigenvalue weighted by molar-refractivity contribution is 6.87. The van der Waals surface area contributed by atoms with Gasteiger partial charge in [-0.15, -0.1) is 0 Å². The van der Waals surface area contributed by atoms with Gasteiger partial charge in [-0.2, -0.15) is 0 Å². The second-order valence-corrected chi connectivity index (χ2v) is 10.1. The van der Waals surface area contributed by atoms with Crippen molar-refractivity contribution in [1.82, 2.24) is 0 Å². The molecule has 2 aromatic carbocycles. The van der Waals surface area contributed by atoms with Crippen molar-refractivity contribution < 1.29 is 13.9 Å². The minimum Gasteiger partial charge on any atom is -0.497 e. The van der Waals surface area contributed by atoms with Gasteiger partial charge in [0, 0.05) is 0 Å². The number of benzene rings is 2. The van der Waals surface area contributed by atoms with Gasteiger partial charge in [0.05, 0.1) is 20.3 Å². The largest absolute Gasteiger partial charge is 0.497 e. The van der Waals surface area contributed by atoms with E-state index >= 15 is 0 Å². The maximum Gasteiger partial charge on any atom is 0.225 e. The summed E-state index contributed by atoms with van der Waals surface area (Å²) in [7, 11) is 1.48. The summed E-state index contributed by atoms with van der Waals surface area (Å²) < 4.78 is 17.4. The van der Waals surface area contributed by atoms with Gasteiger partial charge in [-0.3, -0.25) is 0 Å². The van der Waals surface area contributed by atoms with Crippen LogP contribution in [0.2, 0.25) is 12.1 Å². The minimum absolute atomic E-state index is 0.0216. The summed E-state index contributed by atoms with van der Waals surface area (Å²) in [5.41, 5.74) is 2.49. The molecule has 0 radical (unpaired) electrons. The molecule has 0 amide bonds. The lowest BCUT2D eigenvalue weighted by atomic mass is 10.0. The van der Waals surface area contributed by atoms with E-state index in [9.17, 15) is 0 Å². The van der Waals surface area contributed by atoms with Crippen LogP contribution in [0.5, 0.6) is 11.5 Å². The van der Waals surface area contributed by atoms with Crippen LogP contribution in [0.25, 0.3) is 0 Å². The number of hydrogen-bond acceptors (Lipinski definition) is 3. The van der Waals surface area contributed by atoms with E-state index in [4.69, 9.17) is 13.9 Å². The van der Waals surface area contributed by atoms with E-state index < -0.39 is 8.32 Å². The number of rotatable bonds is 5. The van der Waals surface area contributed by atoms with Crippen molar-refractivity contribution in [2.45, 2.75) is 32.0 Å². The summed E-state index contributed by atoms with van der Waals surface area (Å²) in [5, 5.41) is 1.39. The highest BCUT2D eigenvalue weighted by Crippen LogP contribution is 2.40. The second kappa shape index (κ2) is 6.38. The normalized spacial score (nSPS) is 18.5. The van der Waals surface area contributed by atoms with Crippen LogP contribution in [0.1, 0.15) is 31.1 Å². The van der Waals surface area contributed by atoms with Gasteiger partial charge in [-0.1, -0.05) is 32.0 Å². The van der Waals surface area contributed by atoms with Crippen LogP contribution in [0, 0.1) is 0 Å². The van der Waals surface area contributed by atoms with E-state index in [1.807, 2.05) is 18.2 Å². The zero-order valence-corrected chi connectivity index (χ0v) is 15.3. The van der Waals surface area contributed by atoms with Crippen LogP contribution < -0.4 is 14.7 Å². The van der Waals surface area contributed by atoms with Crippen molar-refractivity contribution in [3.05, 3.63) is 53.6 Å². The third kappa shape index (κ3) is 2.66. The Bertz CT molecular complexity index is 678. The molecule has 1 atom stereocenters. The maximum atomic E-state index is 6.72. The summed E-state index contributed by atoms with van der Waals surface area (Å²) in [6, 6.07) is 16.8. The number of ether oxygens (including phenoxy) is 2. The van der Waals surface area contributed by atoms with E-state index in [0.29, 0.717) is 0 Å². The first kappa shape index (κ1) is 16.1. The summed E-state index contributed by atoms with van der Waals surface area (Å²) in [4.78, 5) is 0. The fourth-order valence-electron chi connectivity index (χ4n) is 3.46. The summed E-state index contributed by atoms with van der Waals surface area (Å²) in [6.07, 6.45) is 0.0216. The van der Waals surface area contributed by atoms with E-state index in [0.717, 1.165) is 23.6 Å². The quantitative estimate of drug-likeness (QED) is 0.776. The zero-order chi connectivity index (χ0) is 16.4. The van der Waals surface area contributed by atoms with Crippen LogP contribution >= 0.6 is 0 Å². The van der Waals surface area contributed by atoms with E-state index in [2.05, 4.69) is 38.1 Å². The Morgan fingerprint density at radius 1 is 0.913 bits per heavy atom. The Labute approximate surface area is 139 Å². The maximum absolute atomic E-state index is 6.72. The van der Waals surface area contributed by atoms with E-state index in [1.54, 1.807) is 14.2 Å². The van der Waals surface area contributed by atoms with Gasteiger partial charge in [0.15, 0.2) is 0 Å². The minimum atomic E-state index is -1.93. The highest BCUT2D eigenvalue weighted by Gasteiger charge is 2.45. The third-order valence-electron chi connectivity index (χ3n) is 4.94. The molecule has 0 bridgehead atoms. The first-order valence-corrected chi connectivity index (χ1v) is 10.5. The molecule has 1 aliphatic heterocycles. The number of fused-ring (bicyclic) bond motifs is 1. The molecule has 0 saturated heterocycles. The fourth-order valence-corrected chi connectivity index (χ4v) is 7.04. The van der Waals surface area contributed by atoms with Crippen molar-refractivity contribution in [3.63, 3.8) is 0 Å². The molecule has 1 heterocycles. The molecule has 0 N–H and O–H groups in total. The molecule has 1 aliphatic rings. The van der Waals surface area contributed by atoms with Gasteiger partial charge in [0.2, 0.25) is 8.32 Å². The van der Waals surface area contributed by atoms with Crippen LogP contribution in [0.15, 0.2) is 42.5 Å². The molecule has 3 rings (SSSR count). The molecule has 2 aromatic rings. The SMILES string of the molecule is CC[Si]1(CC)OC(c2ccc(OC)cc2)c2ccc(OC)cc21. The summed E-state index contributed by atoms with van der Waals surface area (Å²) in [6.45, 7) is 4.49. The van der Waals surface area contributed by atoms with Gasteiger partial charge < -0.3 is 13.9 Å². The monoisotopic (exact) mass is 328 g/mol. The lowest BCUT2D eigenvalue weighted by Gasteiger charge is -2.25. The molecular weight excluding hydrogens is 304 g/mol. The topological polar surface area (TPSA) is 27.7 Å². The molecule has 3 nitrogen and oxygen atoms in total. The Hall–Kier alpha value is -1.78. The van der Waals surface area contributed by atoms with Crippen LogP contribution in [0.4, 0.5) is 0 Å². The van der Waals surface area contributed by atoms with Crippen molar-refractivity contribution in [3.8, 4) is 11.5 Å². The lowest BCUT2D eigenvalue weighted by Crippen LogP contribution is -2.45. The first-order chi connectivity index (χ1) is 11.2. The average Bonchev–Trinajstić information content (AvgIpc) is 2.96. The van der Waals surface area contributed by atoms with Crippen molar-refractivity contribution in [1.29, 1.82) is 0 Å². The molecule has 0 spiro atoms. The Kier molecular flexibility index (Phi) is 4.46. The standard InChI is InChI=1S/C19H24O3Si/c1-5-23(6-2)18-13-16(21-4)11-12-17(18)19(22-23)14-7-9-15(20-3)10-8-14/h7-13,19H,5-6H2,1-4H3. The first-order valence-electron chi connectivity index (χ1n) is 8.17. The third-order valence-corrected chi connectivity index (χ3v) is 9.32. The van der Waals surface area contributed by atoms with Crippen molar-refractivity contribution in [2.75, 3.05) is 14.2 Å². The summed E-state index contributed by atoms with van der Waals surface area (Å²) >= 11 is 0. The highest BCUT2D eigenvalue weighted by atomic mass is 28.4. The fraction of sp³-hybridized carbons (Fsp3) is 0.368. The average molecular weight is 328 g/mol. The van der Waals surface area contributed by atoms with Gasteiger partial charge >= 0.3 is 0 Å². The van der Waals surface area contributed by atoms with Crippen LogP contribution in [0.3, 0.4) is 0 Å². The smallest absolute Gasteiger partial charge is 0.225 e. The Morgan fingerprint density at radius 2 is 1.52 bits per heavy atom. The van der Waals surface area contributed by atoms with Gasteiger partial charge in [-0.25, -0.2) is 0 Å². The Morgan fingerprint density at radius 3 is 2.09 bits per heavy atom. The number of hydrogen-bond donors (Lipinski definition) is 0. The molecule has 122 valence electrons. The van der Waals surface area contributed by atoms with E-state index in [1.165, 1.54) is 16.3 Å². The van der Waals surface area contributed by atoms with Crippen molar-refractivity contribution in [2.24, 2.45) is 0 Å². The lowest BCUT2D eigenvalue weighted by molar-refractivity contribution is 0.253. The van der Waals surface area contributed by atoms with Crippen LogP contribution in [-0.4, -0.2) is 22.5 Å². The van der Waals surface area contributed by atoms with Gasteiger partial charge in [-0.05, 0) is 52.7 Å². The molecular formula is C19H24O3Si. The molecule has 4 heteroatoms. The van der Waals surface area contributed by atoms with Crippen LogP contribution in [-0.2, 0) is 4.43 Å². The zero-order valence-electron chi connectivity index (χ0n) is 14.3. The molecule has 0 aromatic heterocycles. The number of methoxy groups -OCH3 is 2. The second-order valence-electron chi connectivity index (χ2n) is 5.93. The van der Waals surface area contributed by atoms with Gasteiger partial charge in [0.1, 0.15) is 11.5 Å². The predicted octanol–water partition coefficient (Wildman–Crippen LogP) is 4.02. The molecule has 1 unspecified atom stereocenters. The molecule has 0 aliphatic carbocycles. The molecule has 0 fully saturated rings. The van der Waals surface area contributed by atoms with Crippen molar-refractivity contribution >= 4 is 13.5 Å². The molecule has 23 heavy (non-hydrogen) atoms. The van der Waals surface area contributed by atoms with E-state index in [-0.39, 0.29) is 6.10 Å². The summed E-state index contributed by atoms with van der Waals surface area (Å²) in [5.74, 6) is 1.79. The Balaban J connectivity index is 2.07. The molecule has 0 saturated carbocycles. The van der Waals surface area contributed by atoms with Gasteiger partial charge in [0.25, 0.3) is 0 Å². The predicted molar refractivity (Wildman–Crippen MR) is 95.3 cm³/mol.